The van der Waals surface area contributed by atoms with E-state index in [1.54, 1.807) is 24.3 Å². The Morgan fingerprint density at radius 3 is 2.52 bits per heavy atom. The van der Waals surface area contributed by atoms with Crippen LogP contribution >= 0.6 is 11.6 Å². The molecule has 2 aromatic carbocycles. The molecule has 1 aliphatic carbocycles. The van der Waals surface area contributed by atoms with Gasteiger partial charge in [0.1, 0.15) is 17.9 Å². The van der Waals surface area contributed by atoms with E-state index >= 15 is 0 Å². The summed E-state index contributed by atoms with van der Waals surface area (Å²) in [5.41, 5.74) is 0.326. The summed E-state index contributed by atoms with van der Waals surface area (Å²) in [5, 5.41) is 3.91. The van der Waals surface area contributed by atoms with Crippen LogP contribution in [0.3, 0.4) is 0 Å². The highest BCUT2D eigenvalue weighted by molar-refractivity contribution is 6.30. The van der Waals surface area contributed by atoms with E-state index in [1.165, 1.54) is 7.11 Å². The second kappa shape index (κ2) is 9.71. The number of likely N-dealkylation sites (N-methyl/N-ethyl adjacent to an activating group) is 1. The van der Waals surface area contributed by atoms with Crippen LogP contribution in [0.5, 0.6) is 5.75 Å². The lowest BCUT2D eigenvalue weighted by Gasteiger charge is -2.37. The van der Waals surface area contributed by atoms with E-state index in [-0.39, 0.29) is 11.9 Å². The van der Waals surface area contributed by atoms with Gasteiger partial charge < -0.3 is 19.5 Å². The predicted octanol–water partition coefficient (Wildman–Crippen LogP) is 3.40. The van der Waals surface area contributed by atoms with E-state index in [2.05, 4.69) is 5.32 Å². The Morgan fingerprint density at radius 2 is 1.91 bits per heavy atom. The lowest BCUT2D eigenvalue weighted by atomic mass is 9.93. The molecule has 8 heteroatoms. The van der Waals surface area contributed by atoms with Crippen LogP contribution in [0.1, 0.15) is 35.2 Å². The number of hydrogen-bond donors (Lipinski definition) is 1. The van der Waals surface area contributed by atoms with Crippen molar-refractivity contribution in [3.63, 3.8) is 0 Å². The molecule has 7 nitrogen and oxygen atoms in total. The number of esters is 1. The smallest absolute Gasteiger partial charge is 0.337 e. The van der Waals surface area contributed by atoms with Crippen molar-refractivity contribution in [1.29, 1.82) is 0 Å². The lowest BCUT2D eigenvalue weighted by Crippen LogP contribution is -2.60. The minimum absolute atomic E-state index is 0.0419. The number of hydrogen-bond acceptors (Lipinski definition) is 6. The number of benzene rings is 2. The SMILES string of the molecule is COC(=O)c1ccc(C2(NC(=O)C3(N(C)CCOc4cccc(Cl)c4)CCOC3)CC2)cc1. The summed E-state index contributed by atoms with van der Waals surface area (Å²) < 4.78 is 16.3. The van der Waals surface area contributed by atoms with Gasteiger partial charge in [-0.3, -0.25) is 9.69 Å². The molecule has 1 N–H and O–H groups in total. The standard InChI is InChI=1S/C25H29ClN2O5/c1-28(13-15-33-21-5-3-4-20(26)16-21)25(12-14-32-17-25)23(30)27-24(10-11-24)19-8-6-18(7-9-19)22(29)31-2/h3-9,16H,10-15,17H2,1-2H3,(H,27,30). The van der Waals surface area contributed by atoms with Crippen molar-refractivity contribution in [3.8, 4) is 5.75 Å². The Morgan fingerprint density at radius 1 is 1.15 bits per heavy atom. The average Bonchev–Trinajstić information content (AvgIpc) is 3.42. The molecule has 0 bridgehead atoms. The van der Waals surface area contributed by atoms with Gasteiger partial charge in [0.05, 0.1) is 24.8 Å². The number of carbonyl (C=O) groups excluding carboxylic acids is 2. The highest BCUT2D eigenvalue weighted by atomic mass is 35.5. The summed E-state index contributed by atoms with van der Waals surface area (Å²) in [4.78, 5) is 27.3. The van der Waals surface area contributed by atoms with Crippen molar-refractivity contribution in [2.75, 3.05) is 40.5 Å². The fourth-order valence-electron chi connectivity index (χ4n) is 4.27. The number of carbonyl (C=O) groups is 2. The first-order valence-electron chi connectivity index (χ1n) is 11.1. The highest BCUT2D eigenvalue weighted by Crippen LogP contribution is 2.46. The fourth-order valence-corrected chi connectivity index (χ4v) is 4.45. The van der Waals surface area contributed by atoms with Crippen molar-refractivity contribution in [1.82, 2.24) is 10.2 Å². The number of methoxy groups -OCH3 is 1. The molecule has 0 spiro atoms. The van der Waals surface area contributed by atoms with E-state index in [4.69, 9.17) is 25.8 Å². The Kier molecular flexibility index (Phi) is 6.93. The van der Waals surface area contributed by atoms with E-state index in [1.807, 2.05) is 36.2 Å². The molecular formula is C25H29ClN2O5. The van der Waals surface area contributed by atoms with Crippen LogP contribution in [0.2, 0.25) is 5.02 Å². The third kappa shape index (κ3) is 5.00. The van der Waals surface area contributed by atoms with Gasteiger partial charge in [-0.25, -0.2) is 4.79 Å². The van der Waals surface area contributed by atoms with Crippen molar-refractivity contribution in [2.24, 2.45) is 0 Å². The monoisotopic (exact) mass is 472 g/mol. The van der Waals surface area contributed by atoms with Crippen LogP contribution in [-0.4, -0.2) is 62.8 Å². The van der Waals surface area contributed by atoms with Crippen LogP contribution < -0.4 is 10.1 Å². The molecule has 2 fully saturated rings. The van der Waals surface area contributed by atoms with Gasteiger partial charge in [-0.15, -0.1) is 0 Å². The number of nitrogens with one attached hydrogen (secondary N) is 1. The quantitative estimate of drug-likeness (QED) is 0.564. The molecule has 1 unspecified atom stereocenters. The van der Waals surface area contributed by atoms with Crippen molar-refractivity contribution < 1.29 is 23.8 Å². The van der Waals surface area contributed by atoms with Gasteiger partial charge in [0.2, 0.25) is 5.91 Å². The molecule has 1 atom stereocenters. The molecule has 1 aliphatic heterocycles. The third-order valence-electron chi connectivity index (χ3n) is 6.61. The first-order valence-corrected chi connectivity index (χ1v) is 11.5. The zero-order chi connectivity index (χ0) is 23.5. The summed E-state index contributed by atoms with van der Waals surface area (Å²) in [6.07, 6.45) is 2.33. The molecule has 176 valence electrons. The summed E-state index contributed by atoms with van der Waals surface area (Å²) in [7, 11) is 3.29. The lowest BCUT2D eigenvalue weighted by molar-refractivity contribution is -0.134. The molecule has 1 amide bonds. The molecular weight excluding hydrogens is 444 g/mol. The fraction of sp³-hybridized carbons (Fsp3) is 0.440. The van der Waals surface area contributed by atoms with Crippen LogP contribution in [0.25, 0.3) is 0 Å². The Labute approximate surface area is 198 Å². The molecule has 33 heavy (non-hydrogen) atoms. The maximum absolute atomic E-state index is 13.6. The third-order valence-corrected chi connectivity index (χ3v) is 6.84. The molecule has 1 saturated heterocycles. The van der Waals surface area contributed by atoms with Gasteiger partial charge in [0, 0.05) is 24.6 Å². The van der Waals surface area contributed by atoms with Crippen molar-refractivity contribution >= 4 is 23.5 Å². The number of halogens is 1. The normalized spacial score (nSPS) is 21.0. The second-order valence-electron chi connectivity index (χ2n) is 8.67. The van der Waals surface area contributed by atoms with Crippen molar-refractivity contribution in [2.45, 2.75) is 30.3 Å². The minimum Gasteiger partial charge on any atom is -0.492 e. The summed E-state index contributed by atoms with van der Waals surface area (Å²) in [6, 6.07) is 14.5. The largest absolute Gasteiger partial charge is 0.492 e. The van der Waals surface area contributed by atoms with E-state index < -0.39 is 11.1 Å². The Hall–Kier alpha value is -2.61. The molecule has 1 saturated carbocycles. The second-order valence-corrected chi connectivity index (χ2v) is 9.10. The topological polar surface area (TPSA) is 77.1 Å². The zero-order valence-corrected chi connectivity index (χ0v) is 19.7. The summed E-state index contributed by atoms with van der Waals surface area (Å²) in [5.74, 6) is 0.281. The number of nitrogens with zero attached hydrogens (tertiary/aromatic N) is 1. The molecule has 0 radical (unpaired) electrons. The Balaban J connectivity index is 1.41. The zero-order valence-electron chi connectivity index (χ0n) is 18.9. The van der Waals surface area contributed by atoms with Gasteiger partial charge in [-0.1, -0.05) is 29.8 Å². The number of rotatable bonds is 9. The molecule has 2 aliphatic rings. The van der Waals surface area contributed by atoms with Gasteiger partial charge in [0.25, 0.3) is 0 Å². The van der Waals surface area contributed by atoms with Crippen LogP contribution in [0, 0.1) is 0 Å². The highest BCUT2D eigenvalue weighted by Gasteiger charge is 2.52. The van der Waals surface area contributed by atoms with Gasteiger partial charge >= 0.3 is 5.97 Å². The van der Waals surface area contributed by atoms with Crippen molar-refractivity contribution in [3.05, 3.63) is 64.7 Å². The maximum atomic E-state index is 13.6. The van der Waals surface area contributed by atoms with E-state index in [0.29, 0.717) is 49.1 Å². The van der Waals surface area contributed by atoms with Gasteiger partial charge in [0.15, 0.2) is 0 Å². The Bertz CT molecular complexity index is 1000. The summed E-state index contributed by atoms with van der Waals surface area (Å²) >= 11 is 6.02. The molecule has 2 aromatic rings. The molecule has 4 rings (SSSR count). The minimum atomic E-state index is -0.751. The number of ether oxygens (including phenoxy) is 3. The van der Waals surface area contributed by atoms with Crippen LogP contribution in [0.4, 0.5) is 0 Å². The number of amides is 1. The van der Waals surface area contributed by atoms with Crippen LogP contribution in [-0.2, 0) is 19.8 Å². The molecule has 1 heterocycles. The summed E-state index contributed by atoms with van der Waals surface area (Å²) in [6.45, 7) is 1.85. The average molecular weight is 473 g/mol. The molecule has 0 aromatic heterocycles. The first kappa shape index (κ1) is 23.5. The van der Waals surface area contributed by atoms with Crippen LogP contribution in [0.15, 0.2) is 48.5 Å². The first-order chi connectivity index (χ1) is 15.9. The van der Waals surface area contributed by atoms with Gasteiger partial charge in [-0.2, -0.15) is 0 Å². The van der Waals surface area contributed by atoms with E-state index in [0.717, 1.165) is 18.4 Å². The predicted molar refractivity (Wildman–Crippen MR) is 125 cm³/mol. The van der Waals surface area contributed by atoms with Gasteiger partial charge in [-0.05, 0) is 55.8 Å². The van der Waals surface area contributed by atoms with E-state index in [9.17, 15) is 9.59 Å². The maximum Gasteiger partial charge on any atom is 0.337 e.